The average Bonchev–Trinajstić information content (AvgIpc) is 2.46. The molecule has 0 unspecified atom stereocenters. The van der Waals surface area contributed by atoms with E-state index in [9.17, 15) is 4.79 Å². The first-order valence-corrected chi connectivity index (χ1v) is 7.99. The van der Waals surface area contributed by atoms with Gasteiger partial charge in [-0.1, -0.05) is 44.0 Å². The average molecular weight is 276 g/mol. The Bertz CT molecular complexity index is 368. The maximum Gasteiger partial charge on any atom is 0.305 e. The second kappa shape index (κ2) is 10.5. The summed E-state index contributed by atoms with van der Waals surface area (Å²) >= 11 is 0. The fourth-order valence-corrected chi connectivity index (χ4v) is 2.26. The molecule has 0 spiro atoms. The molecule has 0 N–H and O–H groups in total. The first kappa shape index (κ1) is 16.7. The van der Waals surface area contributed by atoms with Crippen LogP contribution in [0.3, 0.4) is 0 Å². The van der Waals surface area contributed by atoms with Crippen molar-refractivity contribution in [1.82, 2.24) is 0 Å². The van der Waals surface area contributed by atoms with E-state index < -0.39 is 0 Å². The number of ether oxygens (including phenoxy) is 1. The first-order valence-electron chi connectivity index (χ1n) is 7.99. The molecule has 112 valence electrons. The summed E-state index contributed by atoms with van der Waals surface area (Å²) in [6.45, 7) is 4.57. The largest absolute Gasteiger partial charge is 0.466 e. The molecule has 0 saturated heterocycles. The Balaban J connectivity index is 2.14. The van der Waals surface area contributed by atoms with E-state index >= 15 is 0 Å². The minimum absolute atomic E-state index is 0.0622. The smallest absolute Gasteiger partial charge is 0.305 e. The van der Waals surface area contributed by atoms with Crippen LogP contribution in [0.15, 0.2) is 24.3 Å². The summed E-state index contributed by atoms with van der Waals surface area (Å²) in [4.78, 5) is 11.2. The molecular weight excluding hydrogens is 248 g/mol. The number of carbonyl (C=O) groups is 1. The summed E-state index contributed by atoms with van der Waals surface area (Å²) in [6.07, 6.45) is 8.56. The molecule has 0 aromatic heterocycles. The summed E-state index contributed by atoms with van der Waals surface area (Å²) in [6, 6.07) is 9.00. The molecule has 0 bridgehead atoms. The maximum atomic E-state index is 11.2. The number of unbranched alkanes of at least 4 members (excludes halogenated alkanes) is 3. The molecule has 1 rings (SSSR count). The van der Waals surface area contributed by atoms with E-state index in [1.54, 1.807) is 0 Å². The number of hydrogen-bond acceptors (Lipinski definition) is 2. The zero-order valence-corrected chi connectivity index (χ0v) is 13.0. The summed E-state index contributed by atoms with van der Waals surface area (Å²) in [5.41, 5.74) is 2.85. The minimum Gasteiger partial charge on any atom is -0.466 e. The third-order valence-corrected chi connectivity index (χ3v) is 3.49. The monoisotopic (exact) mass is 276 g/mol. The summed E-state index contributed by atoms with van der Waals surface area (Å²) < 4.78 is 4.91. The van der Waals surface area contributed by atoms with E-state index in [-0.39, 0.29) is 5.97 Å². The van der Waals surface area contributed by atoms with Crippen LogP contribution in [0.1, 0.15) is 63.5 Å². The van der Waals surface area contributed by atoms with Crippen LogP contribution in [-0.4, -0.2) is 12.6 Å². The van der Waals surface area contributed by atoms with Crippen LogP contribution in [0.25, 0.3) is 0 Å². The van der Waals surface area contributed by atoms with Gasteiger partial charge in [-0.25, -0.2) is 0 Å². The van der Waals surface area contributed by atoms with Gasteiger partial charge in [-0.15, -0.1) is 0 Å². The van der Waals surface area contributed by atoms with E-state index in [0.717, 1.165) is 25.7 Å². The lowest BCUT2D eigenvalue weighted by Gasteiger charge is -2.04. The third kappa shape index (κ3) is 7.32. The van der Waals surface area contributed by atoms with Crippen molar-refractivity contribution in [3.63, 3.8) is 0 Å². The zero-order chi connectivity index (χ0) is 14.6. The molecule has 0 amide bonds. The molecule has 1 aromatic carbocycles. The van der Waals surface area contributed by atoms with Crippen molar-refractivity contribution in [1.29, 1.82) is 0 Å². The van der Waals surface area contributed by atoms with Gasteiger partial charge in [0.25, 0.3) is 0 Å². The van der Waals surface area contributed by atoms with Crippen LogP contribution in [-0.2, 0) is 22.4 Å². The number of aryl methyl sites for hydroxylation is 2. The molecule has 0 heterocycles. The standard InChI is InChI=1S/C18H28O2/c1-3-5-9-16-12-14-17(15-13-16)10-7-6-8-11-18(19)20-4-2/h12-15H,3-11H2,1-2H3. The maximum absolute atomic E-state index is 11.2. The van der Waals surface area contributed by atoms with E-state index in [1.807, 2.05) is 6.92 Å². The highest BCUT2D eigenvalue weighted by Crippen LogP contribution is 2.11. The molecule has 1 aromatic rings. The highest BCUT2D eigenvalue weighted by molar-refractivity contribution is 5.69. The molecule has 2 nitrogen and oxygen atoms in total. The normalized spacial score (nSPS) is 10.5. The number of benzene rings is 1. The van der Waals surface area contributed by atoms with Crippen molar-refractivity contribution in [3.05, 3.63) is 35.4 Å². The lowest BCUT2D eigenvalue weighted by Crippen LogP contribution is -2.03. The Kier molecular flexibility index (Phi) is 8.77. The molecule has 0 radical (unpaired) electrons. The molecule has 0 atom stereocenters. The van der Waals surface area contributed by atoms with Crippen LogP contribution < -0.4 is 0 Å². The Labute approximate surface area is 123 Å². The van der Waals surface area contributed by atoms with Gasteiger partial charge in [0.2, 0.25) is 0 Å². The van der Waals surface area contributed by atoms with E-state index in [2.05, 4.69) is 31.2 Å². The lowest BCUT2D eigenvalue weighted by atomic mass is 10.0. The Morgan fingerprint density at radius 3 is 2.05 bits per heavy atom. The van der Waals surface area contributed by atoms with Crippen molar-refractivity contribution in [2.45, 2.75) is 65.2 Å². The quantitative estimate of drug-likeness (QED) is 0.457. The van der Waals surface area contributed by atoms with Crippen LogP contribution >= 0.6 is 0 Å². The molecule has 0 saturated carbocycles. The first-order chi connectivity index (χ1) is 9.76. The van der Waals surface area contributed by atoms with Crippen molar-refractivity contribution >= 4 is 5.97 Å². The predicted molar refractivity (Wildman–Crippen MR) is 83.9 cm³/mol. The highest BCUT2D eigenvalue weighted by atomic mass is 16.5. The fourth-order valence-electron chi connectivity index (χ4n) is 2.26. The number of esters is 1. The third-order valence-electron chi connectivity index (χ3n) is 3.49. The number of rotatable bonds is 10. The van der Waals surface area contributed by atoms with E-state index in [4.69, 9.17) is 4.74 Å². The SMILES string of the molecule is CCCCc1ccc(CCCCCC(=O)OCC)cc1. The lowest BCUT2D eigenvalue weighted by molar-refractivity contribution is -0.143. The van der Waals surface area contributed by atoms with Gasteiger partial charge in [-0.2, -0.15) is 0 Å². The second-order valence-corrected chi connectivity index (χ2v) is 5.29. The topological polar surface area (TPSA) is 26.3 Å². The van der Waals surface area contributed by atoms with E-state index in [1.165, 1.54) is 30.4 Å². The van der Waals surface area contributed by atoms with Gasteiger partial charge in [0.15, 0.2) is 0 Å². The van der Waals surface area contributed by atoms with E-state index in [0.29, 0.717) is 13.0 Å². The minimum atomic E-state index is -0.0622. The molecule has 2 heteroatoms. The van der Waals surface area contributed by atoms with Crippen LogP contribution in [0.2, 0.25) is 0 Å². The Hall–Kier alpha value is -1.31. The second-order valence-electron chi connectivity index (χ2n) is 5.29. The van der Waals surface area contributed by atoms with Crippen LogP contribution in [0.4, 0.5) is 0 Å². The van der Waals surface area contributed by atoms with Gasteiger partial charge in [0.1, 0.15) is 0 Å². The van der Waals surface area contributed by atoms with Crippen molar-refractivity contribution in [2.75, 3.05) is 6.61 Å². The van der Waals surface area contributed by atoms with Crippen LogP contribution in [0.5, 0.6) is 0 Å². The molecule has 0 fully saturated rings. The number of carbonyl (C=O) groups excluding carboxylic acids is 1. The fraction of sp³-hybridized carbons (Fsp3) is 0.611. The Morgan fingerprint density at radius 2 is 1.50 bits per heavy atom. The zero-order valence-electron chi connectivity index (χ0n) is 13.0. The molecule has 0 aliphatic rings. The van der Waals surface area contributed by atoms with Crippen LogP contribution in [0, 0.1) is 0 Å². The summed E-state index contributed by atoms with van der Waals surface area (Å²) in [5, 5.41) is 0. The van der Waals surface area contributed by atoms with Gasteiger partial charge in [0, 0.05) is 6.42 Å². The Morgan fingerprint density at radius 1 is 0.900 bits per heavy atom. The summed E-state index contributed by atoms with van der Waals surface area (Å²) in [7, 11) is 0. The van der Waals surface area contributed by atoms with Crippen molar-refractivity contribution in [2.24, 2.45) is 0 Å². The predicted octanol–water partition coefficient (Wildman–Crippen LogP) is 4.70. The molecule has 20 heavy (non-hydrogen) atoms. The van der Waals surface area contributed by atoms with Crippen molar-refractivity contribution in [3.8, 4) is 0 Å². The van der Waals surface area contributed by atoms with Gasteiger partial charge >= 0.3 is 5.97 Å². The number of hydrogen-bond donors (Lipinski definition) is 0. The molecule has 0 aliphatic carbocycles. The highest BCUT2D eigenvalue weighted by Gasteiger charge is 2.01. The molecule has 0 aliphatic heterocycles. The summed E-state index contributed by atoms with van der Waals surface area (Å²) in [5.74, 6) is -0.0622. The van der Waals surface area contributed by atoms with Gasteiger partial charge in [-0.3, -0.25) is 4.79 Å². The van der Waals surface area contributed by atoms with Gasteiger partial charge in [0.05, 0.1) is 6.61 Å². The van der Waals surface area contributed by atoms with Gasteiger partial charge < -0.3 is 4.74 Å². The molecular formula is C18H28O2. The van der Waals surface area contributed by atoms with Gasteiger partial charge in [-0.05, 0) is 50.2 Å². The van der Waals surface area contributed by atoms with Crippen molar-refractivity contribution < 1.29 is 9.53 Å².